The predicted octanol–water partition coefficient (Wildman–Crippen LogP) is 2.07. The predicted molar refractivity (Wildman–Crippen MR) is 56.2 cm³/mol. The molecule has 0 radical (unpaired) electrons. The van der Waals surface area contributed by atoms with E-state index in [0.29, 0.717) is 11.3 Å². The maximum Gasteiger partial charge on any atom is 0.236 e. The summed E-state index contributed by atoms with van der Waals surface area (Å²) in [5.41, 5.74) is 1.55. The van der Waals surface area contributed by atoms with Crippen LogP contribution >= 0.6 is 10.7 Å². The van der Waals surface area contributed by atoms with Crippen LogP contribution in [0.1, 0.15) is 11.1 Å². The van der Waals surface area contributed by atoms with E-state index in [1.807, 2.05) is 6.92 Å². The van der Waals surface area contributed by atoms with Gasteiger partial charge in [0.25, 0.3) is 0 Å². The van der Waals surface area contributed by atoms with Gasteiger partial charge < -0.3 is 4.74 Å². The first kappa shape index (κ1) is 11.3. The van der Waals surface area contributed by atoms with E-state index in [1.165, 1.54) is 7.11 Å². The standard InChI is InChI=1S/C9H11ClO3S/c1-7-3-4-9(13-2)5-8(7)6-14(10,11)12/h3-5H,6H2,1-2H3. The van der Waals surface area contributed by atoms with Gasteiger partial charge >= 0.3 is 0 Å². The zero-order valence-corrected chi connectivity index (χ0v) is 9.52. The molecule has 0 saturated carbocycles. The Morgan fingerprint density at radius 2 is 2.07 bits per heavy atom. The van der Waals surface area contributed by atoms with Gasteiger partial charge in [0.2, 0.25) is 9.05 Å². The van der Waals surface area contributed by atoms with Gasteiger partial charge in [-0.1, -0.05) is 6.07 Å². The minimum atomic E-state index is -3.51. The molecular formula is C9H11ClO3S. The van der Waals surface area contributed by atoms with Crippen LogP contribution in [-0.4, -0.2) is 15.5 Å². The summed E-state index contributed by atoms with van der Waals surface area (Å²) >= 11 is 0. The van der Waals surface area contributed by atoms with Gasteiger partial charge in [-0.05, 0) is 30.2 Å². The molecule has 1 aromatic rings. The van der Waals surface area contributed by atoms with Gasteiger partial charge in [0.15, 0.2) is 0 Å². The van der Waals surface area contributed by atoms with Crippen molar-refractivity contribution >= 4 is 19.7 Å². The van der Waals surface area contributed by atoms with Crippen molar-refractivity contribution in [2.24, 2.45) is 0 Å². The second kappa shape index (κ2) is 4.19. The number of aryl methyl sites for hydroxylation is 1. The van der Waals surface area contributed by atoms with Crippen molar-refractivity contribution in [2.45, 2.75) is 12.7 Å². The van der Waals surface area contributed by atoms with E-state index in [4.69, 9.17) is 15.4 Å². The van der Waals surface area contributed by atoms with Gasteiger partial charge in [0.05, 0.1) is 12.9 Å². The second-order valence-electron chi connectivity index (χ2n) is 2.98. The molecule has 14 heavy (non-hydrogen) atoms. The molecule has 0 atom stereocenters. The molecule has 0 bridgehead atoms. The normalized spacial score (nSPS) is 11.4. The van der Waals surface area contributed by atoms with Crippen LogP contribution in [0.15, 0.2) is 18.2 Å². The highest BCUT2D eigenvalue weighted by Crippen LogP contribution is 2.20. The Kier molecular flexibility index (Phi) is 3.39. The Morgan fingerprint density at radius 1 is 1.43 bits per heavy atom. The lowest BCUT2D eigenvalue weighted by Gasteiger charge is -2.06. The van der Waals surface area contributed by atoms with E-state index in [9.17, 15) is 8.42 Å². The van der Waals surface area contributed by atoms with Crippen molar-refractivity contribution in [3.8, 4) is 5.75 Å². The van der Waals surface area contributed by atoms with Crippen molar-refractivity contribution in [3.63, 3.8) is 0 Å². The molecular weight excluding hydrogens is 224 g/mol. The quantitative estimate of drug-likeness (QED) is 0.752. The average molecular weight is 235 g/mol. The molecule has 1 aromatic carbocycles. The number of methoxy groups -OCH3 is 1. The van der Waals surface area contributed by atoms with E-state index in [0.717, 1.165) is 5.56 Å². The molecule has 0 unspecified atom stereocenters. The third-order valence-corrected chi connectivity index (χ3v) is 2.87. The van der Waals surface area contributed by atoms with Crippen molar-refractivity contribution in [1.82, 2.24) is 0 Å². The number of ether oxygens (including phenoxy) is 1. The van der Waals surface area contributed by atoms with E-state index in [-0.39, 0.29) is 5.75 Å². The number of hydrogen-bond acceptors (Lipinski definition) is 3. The van der Waals surface area contributed by atoms with Crippen molar-refractivity contribution in [1.29, 1.82) is 0 Å². The molecule has 0 amide bonds. The molecule has 0 aromatic heterocycles. The summed E-state index contributed by atoms with van der Waals surface area (Å²) in [6, 6.07) is 5.26. The summed E-state index contributed by atoms with van der Waals surface area (Å²) in [4.78, 5) is 0. The van der Waals surface area contributed by atoms with Crippen LogP contribution in [0.5, 0.6) is 5.75 Å². The molecule has 0 N–H and O–H groups in total. The number of hydrogen-bond donors (Lipinski definition) is 0. The third-order valence-electron chi connectivity index (χ3n) is 1.88. The highest BCUT2D eigenvalue weighted by molar-refractivity contribution is 8.13. The summed E-state index contributed by atoms with van der Waals surface area (Å²) in [7, 11) is 3.19. The molecule has 5 heteroatoms. The topological polar surface area (TPSA) is 43.4 Å². The lowest BCUT2D eigenvalue weighted by atomic mass is 10.1. The SMILES string of the molecule is COc1ccc(C)c(CS(=O)(=O)Cl)c1. The van der Waals surface area contributed by atoms with Crippen molar-refractivity contribution in [2.75, 3.05) is 7.11 Å². The Hall–Kier alpha value is -0.740. The monoisotopic (exact) mass is 234 g/mol. The Morgan fingerprint density at radius 3 is 2.57 bits per heavy atom. The fourth-order valence-electron chi connectivity index (χ4n) is 1.12. The van der Waals surface area contributed by atoms with Gasteiger partial charge in [-0.25, -0.2) is 8.42 Å². The number of rotatable bonds is 3. The smallest absolute Gasteiger partial charge is 0.236 e. The fraction of sp³-hybridized carbons (Fsp3) is 0.333. The molecule has 0 fully saturated rings. The summed E-state index contributed by atoms with van der Waals surface area (Å²) in [5.74, 6) is 0.461. The van der Waals surface area contributed by atoms with Crippen LogP contribution in [0.25, 0.3) is 0 Å². The van der Waals surface area contributed by atoms with E-state index in [1.54, 1.807) is 18.2 Å². The molecule has 78 valence electrons. The lowest BCUT2D eigenvalue weighted by Crippen LogP contribution is -1.98. The van der Waals surface area contributed by atoms with Gasteiger partial charge in [0.1, 0.15) is 5.75 Å². The lowest BCUT2D eigenvalue weighted by molar-refractivity contribution is 0.414. The van der Waals surface area contributed by atoms with Crippen LogP contribution in [0.4, 0.5) is 0 Å². The van der Waals surface area contributed by atoms with Crippen LogP contribution in [0, 0.1) is 6.92 Å². The molecule has 0 spiro atoms. The summed E-state index contributed by atoms with van der Waals surface area (Å²) in [5, 5.41) is 0. The van der Waals surface area contributed by atoms with Crippen LogP contribution in [-0.2, 0) is 14.8 Å². The van der Waals surface area contributed by atoms with E-state index in [2.05, 4.69) is 0 Å². The van der Waals surface area contributed by atoms with Crippen molar-refractivity contribution in [3.05, 3.63) is 29.3 Å². The van der Waals surface area contributed by atoms with Gasteiger partial charge in [-0.2, -0.15) is 0 Å². The van der Waals surface area contributed by atoms with Gasteiger partial charge in [0, 0.05) is 10.7 Å². The molecule has 0 aliphatic heterocycles. The minimum absolute atomic E-state index is 0.169. The van der Waals surface area contributed by atoms with E-state index < -0.39 is 9.05 Å². The molecule has 0 aliphatic rings. The number of halogens is 1. The summed E-state index contributed by atoms with van der Waals surface area (Å²) < 4.78 is 26.7. The Balaban J connectivity index is 3.07. The Labute approximate surface area is 88.1 Å². The third kappa shape index (κ3) is 3.20. The first-order chi connectivity index (χ1) is 6.42. The molecule has 0 aliphatic carbocycles. The summed E-state index contributed by atoms with van der Waals surface area (Å²) in [6.07, 6.45) is 0. The molecule has 0 saturated heterocycles. The maximum atomic E-state index is 10.9. The van der Waals surface area contributed by atoms with Gasteiger partial charge in [-0.15, -0.1) is 0 Å². The zero-order valence-electron chi connectivity index (χ0n) is 7.95. The summed E-state index contributed by atoms with van der Waals surface area (Å²) in [6.45, 7) is 1.83. The number of benzene rings is 1. The van der Waals surface area contributed by atoms with Crippen LogP contribution in [0.3, 0.4) is 0 Å². The van der Waals surface area contributed by atoms with Crippen molar-refractivity contribution < 1.29 is 13.2 Å². The fourth-order valence-corrected chi connectivity index (χ4v) is 2.15. The largest absolute Gasteiger partial charge is 0.497 e. The molecule has 0 heterocycles. The zero-order chi connectivity index (χ0) is 10.8. The van der Waals surface area contributed by atoms with E-state index >= 15 is 0 Å². The highest BCUT2D eigenvalue weighted by atomic mass is 35.7. The maximum absolute atomic E-state index is 10.9. The Bertz CT molecular complexity index is 426. The molecule has 1 rings (SSSR count). The first-order valence-electron chi connectivity index (χ1n) is 3.98. The molecule has 3 nitrogen and oxygen atoms in total. The van der Waals surface area contributed by atoms with Crippen LogP contribution in [0.2, 0.25) is 0 Å². The average Bonchev–Trinajstić information content (AvgIpc) is 2.06. The first-order valence-corrected chi connectivity index (χ1v) is 6.46. The van der Waals surface area contributed by atoms with Gasteiger partial charge in [-0.3, -0.25) is 0 Å². The highest BCUT2D eigenvalue weighted by Gasteiger charge is 2.10. The minimum Gasteiger partial charge on any atom is -0.497 e. The van der Waals surface area contributed by atoms with Crippen LogP contribution < -0.4 is 4.74 Å². The second-order valence-corrected chi connectivity index (χ2v) is 5.75.